The molecule has 3 atom stereocenters. The van der Waals surface area contributed by atoms with Gasteiger partial charge >= 0.3 is 7.67 Å². The van der Waals surface area contributed by atoms with Gasteiger partial charge < -0.3 is 4.52 Å². The Labute approximate surface area is 97.3 Å². The third-order valence-electron chi connectivity index (χ3n) is 1.72. The van der Waals surface area contributed by atoms with Gasteiger partial charge in [-0.25, -0.2) is 9.76 Å². The van der Waals surface area contributed by atoms with Gasteiger partial charge in [-0.05, 0) is 6.42 Å². The molecule has 1 N–H and O–H groups in total. The van der Waals surface area contributed by atoms with Crippen LogP contribution in [0.15, 0.2) is 0 Å². The van der Waals surface area contributed by atoms with Crippen LogP contribution in [0.25, 0.3) is 0 Å². The van der Waals surface area contributed by atoms with Crippen molar-refractivity contribution in [2.45, 2.75) is 6.42 Å². The Bertz CT molecular complexity index is 255. The van der Waals surface area contributed by atoms with E-state index in [2.05, 4.69) is 5.09 Å². The second-order valence-electron chi connectivity index (χ2n) is 2.67. The Morgan fingerprint density at radius 3 is 2.57 bits per heavy atom. The Balaban J connectivity index is 2.85. The van der Waals surface area contributed by atoms with Gasteiger partial charge in [-0.15, -0.1) is 23.2 Å². The van der Waals surface area contributed by atoms with E-state index in [1.165, 1.54) is 0 Å². The molecule has 0 spiro atoms. The van der Waals surface area contributed by atoms with Crippen molar-refractivity contribution in [3.63, 3.8) is 0 Å². The van der Waals surface area contributed by atoms with Crippen LogP contribution in [0.5, 0.6) is 0 Å². The molecule has 1 fully saturated rings. The summed E-state index contributed by atoms with van der Waals surface area (Å²) in [6.45, 7) is -1.05. The standard InChI is InChI=1S/C7H15Cl2N2O2P/c8-2-5-11(6-3-9)14(12)10-4-1-7-13-14/h1-7H2,(H,10,12)/i5D,6D. The van der Waals surface area contributed by atoms with E-state index in [0.717, 1.165) is 11.1 Å². The number of rotatable bonds is 5. The van der Waals surface area contributed by atoms with Gasteiger partial charge in [-0.1, -0.05) is 0 Å². The molecule has 0 aromatic heterocycles. The Hall–Kier alpha value is 0.690. The van der Waals surface area contributed by atoms with E-state index in [0.29, 0.717) is 13.2 Å². The van der Waals surface area contributed by atoms with Gasteiger partial charge in [0.05, 0.1) is 6.61 Å². The quantitative estimate of drug-likeness (QED) is 0.607. The summed E-state index contributed by atoms with van der Waals surface area (Å²) in [7, 11) is -3.33. The summed E-state index contributed by atoms with van der Waals surface area (Å²) in [5.74, 6) is -0.109. The number of hydrogen-bond donors (Lipinski definition) is 1. The maximum atomic E-state index is 12.4. The van der Waals surface area contributed by atoms with Crippen LogP contribution in [0, 0.1) is 0 Å². The van der Waals surface area contributed by atoms with Crippen molar-refractivity contribution in [3.05, 3.63) is 0 Å². The second-order valence-corrected chi connectivity index (χ2v) is 5.36. The van der Waals surface area contributed by atoms with Gasteiger partial charge in [0, 0.05) is 34.1 Å². The van der Waals surface area contributed by atoms with E-state index in [-0.39, 0.29) is 11.8 Å². The zero-order valence-corrected chi connectivity index (χ0v) is 10.1. The third kappa shape index (κ3) is 3.37. The van der Waals surface area contributed by atoms with Crippen molar-refractivity contribution in [1.82, 2.24) is 9.76 Å². The van der Waals surface area contributed by atoms with E-state index < -0.39 is 20.7 Å². The number of alkyl halides is 2. The predicted octanol–water partition coefficient (Wildman–Crippen LogP) is 1.88. The molecule has 4 nitrogen and oxygen atoms in total. The molecule has 1 heterocycles. The fraction of sp³-hybridized carbons (Fsp3) is 1.00. The van der Waals surface area contributed by atoms with Crippen LogP contribution < -0.4 is 5.09 Å². The minimum atomic E-state index is -3.33. The molecule has 0 bridgehead atoms. The van der Waals surface area contributed by atoms with Gasteiger partial charge in [-0.2, -0.15) is 0 Å². The minimum absolute atomic E-state index is 0.0543. The number of hydrogen-bond acceptors (Lipinski definition) is 2. The van der Waals surface area contributed by atoms with Crippen LogP contribution in [-0.4, -0.2) is 42.6 Å². The molecule has 0 saturated carbocycles. The van der Waals surface area contributed by atoms with E-state index in [1.54, 1.807) is 0 Å². The highest BCUT2D eigenvalue weighted by Gasteiger charge is 2.32. The highest BCUT2D eigenvalue weighted by atomic mass is 35.5. The first-order valence-corrected chi connectivity index (χ1v) is 6.94. The molecule has 1 saturated heterocycles. The summed E-state index contributed by atoms with van der Waals surface area (Å²) in [4.78, 5) is 0. The van der Waals surface area contributed by atoms with Crippen molar-refractivity contribution in [2.24, 2.45) is 0 Å². The summed E-state index contributed by atoms with van der Waals surface area (Å²) in [5.41, 5.74) is 0. The monoisotopic (exact) mass is 262 g/mol. The summed E-state index contributed by atoms with van der Waals surface area (Å²) < 4.78 is 34.1. The zero-order chi connectivity index (χ0) is 12.2. The van der Waals surface area contributed by atoms with E-state index in [9.17, 15) is 4.57 Å². The molecule has 0 aromatic rings. The molecule has 84 valence electrons. The average Bonchev–Trinajstić information content (AvgIpc) is 2.29. The van der Waals surface area contributed by atoms with Crippen LogP contribution in [0.1, 0.15) is 9.16 Å². The lowest BCUT2D eigenvalue weighted by Crippen LogP contribution is -2.35. The maximum Gasteiger partial charge on any atom is 0.343 e. The van der Waals surface area contributed by atoms with Crippen LogP contribution in [-0.2, 0) is 9.09 Å². The van der Waals surface area contributed by atoms with Crippen molar-refractivity contribution in [3.8, 4) is 0 Å². The molecule has 1 aliphatic rings. The van der Waals surface area contributed by atoms with Gasteiger partial charge in [0.2, 0.25) is 0 Å². The molecule has 0 aromatic carbocycles. The highest BCUT2D eigenvalue weighted by molar-refractivity contribution is 7.54. The zero-order valence-electron chi connectivity index (χ0n) is 9.66. The van der Waals surface area contributed by atoms with Crippen molar-refractivity contribution >= 4 is 30.9 Å². The lowest BCUT2D eigenvalue weighted by molar-refractivity contribution is 0.233. The number of nitrogens with zero attached hydrogens (tertiary/aromatic N) is 1. The minimum Gasteiger partial charge on any atom is -0.306 e. The molecular weight excluding hydrogens is 246 g/mol. The summed E-state index contributed by atoms with van der Waals surface area (Å²) >= 11 is 11.1. The van der Waals surface area contributed by atoms with Crippen molar-refractivity contribution < 1.29 is 11.8 Å². The van der Waals surface area contributed by atoms with Crippen LogP contribution >= 0.6 is 30.9 Å². The van der Waals surface area contributed by atoms with Gasteiger partial charge in [0.15, 0.2) is 0 Å². The molecule has 0 amide bonds. The molecular formula is C7H15Cl2N2O2P. The predicted molar refractivity (Wildman–Crippen MR) is 59.2 cm³/mol. The van der Waals surface area contributed by atoms with Crippen molar-refractivity contribution in [2.75, 3.05) is 38.0 Å². The Morgan fingerprint density at radius 2 is 2.14 bits per heavy atom. The van der Waals surface area contributed by atoms with Crippen LogP contribution in [0.4, 0.5) is 0 Å². The van der Waals surface area contributed by atoms with Crippen LogP contribution in [0.3, 0.4) is 0 Å². The first-order chi connectivity index (χ1) is 7.55. The molecule has 0 aliphatic carbocycles. The molecule has 0 radical (unpaired) electrons. The topological polar surface area (TPSA) is 41.6 Å². The summed E-state index contributed by atoms with van der Waals surface area (Å²) in [5, 5.41) is 2.73. The molecule has 1 rings (SSSR count). The molecule has 7 heteroatoms. The third-order valence-corrected chi connectivity index (χ3v) is 4.08. The lowest BCUT2D eigenvalue weighted by Gasteiger charge is -2.33. The Kier molecular flexibility index (Phi) is 4.46. The normalized spacial score (nSPS) is 34.8. The fourth-order valence-electron chi connectivity index (χ4n) is 1.11. The van der Waals surface area contributed by atoms with Crippen molar-refractivity contribution in [1.29, 1.82) is 0 Å². The fourth-order valence-corrected chi connectivity index (χ4v) is 3.39. The average molecular weight is 263 g/mol. The first-order valence-electron chi connectivity index (χ1n) is 5.45. The molecule has 3 unspecified atom stereocenters. The van der Waals surface area contributed by atoms with Gasteiger partial charge in [0.25, 0.3) is 0 Å². The molecule has 14 heavy (non-hydrogen) atoms. The lowest BCUT2D eigenvalue weighted by atomic mass is 10.5. The highest BCUT2D eigenvalue weighted by Crippen LogP contribution is 2.47. The van der Waals surface area contributed by atoms with E-state index in [1.807, 2.05) is 0 Å². The smallest absolute Gasteiger partial charge is 0.306 e. The van der Waals surface area contributed by atoms with E-state index in [4.69, 9.17) is 30.5 Å². The van der Waals surface area contributed by atoms with Gasteiger partial charge in [-0.3, -0.25) is 4.57 Å². The van der Waals surface area contributed by atoms with Gasteiger partial charge in [0.1, 0.15) is 0 Å². The number of nitrogens with one attached hydrogen (secondary N) is 1. The maximum absolute atomic E-state index is 12.4. The molecule has 1 aliphatic heterocycles. The Morgan fingerprint density at radius 1 is 1.50 bits per heavy atom. The summed E-state index contributed by atoms with van der Waals surface area (Å²) in [6, 6.07) is 0. The first kappa shape index (κ1) is 9.88. The van der Waals surface area contributed by atoms with E-state index >= 15 is 0 Å². The number of halogens is 2. The largest absolute Gasteiger partial charge is 0.343 e. The second kappa shape index (κ2) is 6.31. The SMILES string of the molecule is [2H]C(CCl)N(C([2H])CCl)P1(=O)NCCCO1. The summed E-state index contributed by atoms with van der Waals surface area (Å²) in [6.07, 6.45) is 0.755. The van der Waals surface area contributed by atoms with Crippen LogP contribution in [0.2, 0.25) is 0 Å².